The third kappa shape index (κ3) is 4.86. The molecule has 0 radical (unpaired) electrons. The van der Waals surface area contributed by atoms with E-state index in [1.807, 2.05) is 7.05 Å². The van der Waals surface area contributed by atoms with Crippen molar-refractivity contribution in [2.75, 3.05) is 45.3 Å². The average molecular weight is 528 g/mol. The van der Waals surface area contributed by atoms with Crippen molar-refractivity contribution < 1.29 is 39.0 Å². The number of thiazole rings is 1. The van der Waals surface area contributed by atoms with Gasteiger partial charge in [-0.3, -0.25) is 14.5 Å². The second kappa shape index (κ2) is 9.73. The third-order valence-electron chi connectivity index (χ3n) is 6.31. The highest BCUT2D eigenvalue weighted by Crippen LogP contribution is 2.41. The van der Waals surface area contributed by atoms with Crippen LogP contribution >= 0.6 is 23.1 Å². The molecule has 4 rings (SSSR count). The summed E-state index contributed by atoms with van der Waals surface area (Å²) in [5.74, 6) is -2.12. The first-order valence-corrected chi connectivity index (χ1v) is 12.7. The van der Waals surface area contributed by atoms with Crippen molar-refractivity contribution in [3.8, 4) is 0 Å². The summed E-state index contributed by atoms with van der Waals surface area (Å²) in [6, 6.07) is -0.946. The summed E-state index contributed by atoms with van der Waals surface area (Å²) >= 11 is 2.47. The number of aliphatic hydroxyl groups excluding tert-OH is 2. The van der Waals surface area contributed by atoms with Crippen molar-refractivity contribution in [3.05, 3.63) is 22.3 Å². The minimum absolute atomic E-state index is 0.0951. The van der Waals surface area contributed by atoms with E-state index < -0.39 is 41.4 Å². The van der Waals surface area contributed by atoms with Gasteiger partial charge in [-0.15, -0.1) is 23.1 Å². The first kappa shape index (κ1) is 25.4. The molecule has 6 N–H and O–H groups in total. The minimum Gasteiger partial charge on any atom is -0.477 e. The standard InChI is InChI=1S/C20H26N6O7S2/c1-26(4-3-11(27)12(28)6-26)5-9-7-34-18-14(17(30)25(18)15(9)19(31)32)23-16(29)13(24-33-2)10-8-35-20(21)22-10/h8,11-12,14,18,27-28H,3-7H2,1-2H3,(H3-,21,22,23,29,31,32)/p+1/b24-13-/t11?,12-,14?,18-,26-/m0/s1. The number of carbonyl (C=O) groups is 3. The van der Waals surface area contributed by atoms with E-state index in [0.717, 1.165) is 11.3 Å². The van der Waals surface area contributed by atoms with E-state index >= 15 is 0 Å². The van der Waals surface area contributed by atoms with Crippen LogP contribution in [0.4, 0.5) is 5.13 Å². The number of anilines is 1. The number of amides is 2. The molecule has 1 aromatic rings. The quantitative estimate of drug-likeness (QED) is 0.119. The summed E-state index contributed by atoms with van der Waals surface area (Å²) in [6.07, 6.45) is -1.30. The lowest BCUT2D eigenvalue weighted by Gasteiger charge is -2.50. The molecule has 0 saturated carbocycles. The van der Waals surface area contributed by atoms with Gasteiger partial charge in [0.05, 0.1) is 19.7 Å². The maximum atomic E-state index is 13.0. The summed E-state index contributed by atoms with van der Waals surface area (Å²) in [6.45, 7) is 1.17. The van der Waals surface area contributed by atoms with Gasteiger partial charge < -0.3 is 35.7 Å². The number of piperidine rings is 1. The lowest BCUT2D eigenvalue weighted by molar-refractivity contribution is -0.914. The van der Waals surface area contributed by atoms with Gasteiger partial charge in [0, 0.05) is 23.1 Å². The summed E-state index contributed by atoms with van der Waals surface area (Å²) in [5.41, 5.74) is 6.16. The highest BCUT2D eigenvalue weighted by atomic mass is 32.2. The number of aromatic nitrogens is 1. The molecule has 13 nitrogen and oxygen atoms in total. The van der Waals surface area contributed by atoms with Crippen molar-refractivity contribution in [2.24, 2.45) is 5.16 Å². The number of fused-ring (bicyclic) bond motifs is 1. The molecule has 2 amide bonds. The molecular weight excluding hydrogens is 500 g/mol. The largest absolute Gasteiger partial charge is 0.477 e. The number of nitrogens with one attached hydrogen (secondary N) is 1. The molecular formula is C20H27N6O7S2+. The van der Waals surface area contributed by atoms with Gasteiger partial charge in [0.25, 0.3) is 11.8 Å². The number of likely N-dealkylation sites (N-methyl/N-ethyl adjacent to an activating group) is 1. The van der Waals surface area contributed by atoms with E-state index in [2.05, 4.69) is 15.5 Å². The van der Waals surface area contributed by atoms with Crippen LogP contribution in [0.5, 0.6) is 0 Å². The fourth-order valence-electron chi connectivity index (χ4n) is 4.61. The Labute approximate surface area is 208 Å². The molecule has 1 aromatic heterocycles. The predicted octanol–water partition coefficient (Wildman–Crippen LogP) is -1.61. The number of carbonyl (C=O) groups excluding carboxylic acids is 2. The second-order valence-corrected chi connectivity index (χ2v) is 10.9. The topological polar surface area (TPSA) is 188 Å². The zero-order valence-corrected chi connectivity index (χ0v) is 20.7. The van der Waals surface area contributed by atoms with E-state index in [9.17, 15) is 29.7 Å². The summed E-state index contributed by atoms with van der Waals surface area (Å²) in [7, 11) is 3.16. The van der Waals surface area contributed by atoms with Crippen molar-refractivity contribution in [1.82, 2.24) is 15.2 Å². The van der Waals surface area contributed by atoms with E-state index in [0.29, 0.717) is 35.3 Å². The van der Waals surface area contributed by atoms with Crippen molar-refractivity contribution in [1.29, 1.82) is 0 Å². The fourth-order valence-corrected chi connectivity index (χ4v) is 6.49. The number of likely N-dealkylation sites (tertiary alicyclic amines) is 1. The van der Waals surface area contributed by atoms with E-state index in [4.69, 9.17) is 10.6 Å². The number of nitrogens with two attached hydrogens (primary N) is 1. The molecule has 0 aliphatic carbocycles. The molecule has 35 heavy (non-hydrogen) atoms. The lowest BCUT2D eigenvalue weighted by Crippen LogP contribution is -2.71. The molecule has 2 fully saturated rings. The highest BCUT2D eigenvalue weighted by Gasteiger charge is 2.55. The normalized spacial score (nSPS) is 31.0. The zero-order chi connectivity index (χ0) is 25.5. The highest BCUT2D eigenvalue weighted by molar-refractivity contribution is 8.00. The predicted molar refractivity (Wildman–Crippen MR) is 127 cm³/mol. The molecule has 0 spiro atoms. The van der Waals surface area contributed by atoms with Crippen LogP contribution in [0.1, 0.15) is 12.1 Å². The number of oxime groups is 1. The molecule has 3 aliphatic rings. The summed E-state index contributed by atoms with van der Waals surface area (Å²) in [4.78, 5) is 48.0. The van der Waals surface area contributed by atoms with Gasteiger partial charge >= 0.3 is 5.97 Å². The number of carboxylic acid groups (broad SMARTS) is 1. The lowest BCUT2D eigenvalue weighted by atomic mass is 9.99. The maximum Gasteiger partial charge on any atom is 0.352 e. The molecule has 5 atom stereocenters. The molecule has 2 saturated heterocycles. The number of carboxylic acids is 1. The number of nitrogen functional groups attached to an aromatic ring is 1. The van der Waals surface area contributed by atoms with Crippen LogP contribution in [0, 0.1) is 0 Å². The van der Waals surface area contributed by atoms with E-state index in [-0.39, 0.29) is 28.8 Å². The Morgan fingerprint density at radius 2 is 2.14 bits per heavy atom. The van der Waals surface area contributed by atoms with Crippen LogP contribution < -0.4 is 11.1 Å². The number of hydrogen-bond donors (Lipinski definition) is 5. The van der Waals surface area contributed by atoms with Crippen LogP contribution in [0.3, 0.4) is 0 Å². The number of aliphatic hydroxyl groups is 2. The smallest absolute Gasteiger partial charge is 0.352 e. The number of nitrogens with zero attached hydrogens (tertiary/aromatic N) is 4. The SMILES string of the molecule is CO/N=C(\C(=O)NC1C(=O)N2C(C(=O)O)=C(C[N@+]3(C)CCC(O)[C@@H](O)C3)CS[C@@H]12)c1csc(N)n1. The Morgan fingerprint density at radius 3 is 2.74 bits per heavy atom. The van der Waals surface area contributed by atoms with E-state index in [1.165, 1.54) is 29.2 Å². The monoisotopic (exact) mass is 527 g/mol. The van der Waals surface area contributed by atoms with Crippen LogP contribution in [0.15, 0.2) is 21.8 Å². The maximum absolute atomic E-state index is 13.0. The van der Waals surface area contributed by atoms with Gasteiger partial charge in [0.15, 0.2) is 10.8 Å². The van der Waals surface area contributed by atoms with Gasteiger partial charge in [-0.1, -0.05) is 5.16 Å². The zero-order valence-electron chi connectivity index (χ0n) is 19.1. The first-order chi connectivity index (χ1) is 16.5. The van der Waals surface area contributed by atoms with E-state index in [1.54, 1.807) is 0 Å². The van der Waals surface area contributed by atoms with Crippen LogP contribution in [0.25, 0.3) is 0 Å². The Kier molecular flexibility index (Phi) is 7.06. The Balaban J connectivity index is 1.51. The Hall–Kier alpha value is -2.72. The number of β-lactam (4-membered cyclic amide) rings is 1. The second-order valence-electron chi connectivity index (χ2n) is 8.92. The molecule has 4 heterocycles. The number of quaternary nitrogens is 1. The number of hydrogen-bond acceptors (Lipinski definition) is 11. The van der Waals surface area contributed by atoms with Gasteiger partial charge in [-0.2, -0.15) is 0 Å². The Morgan fingerprint density at radius 1 is 1.40 bits per heavy atom. The number of aliphatic carboxylic acids is 1. The number of thioether (sulfide) groups is 1. The molecule has 190 valence electrons. The van der Waals surface area contributed by atoms with Crippen LogP contribution in [-0.2, 0) is 19.2 Å². The summed E-state index contributed by atoms with van der Waals surface area (Å²) < 4.78 is 0.353. The fraction of sp³-hybridized carbons (Fsp3) is 0.550. The molecule has 3 aliphatic heterocycles. The van der Waals surface area contributed by atoms with Gasteiger partial charge in [-0.25, -0.2) is 9.78 Å². The molecule has 0 bridgehead atoms. The van der Waals surface area contributed by atoms with Crippen molar-refractivity contribution in [2.45, 2.75) is 30.0 Å². The molecule has 0 aromatic carbocycles. The number of rotatable bonds is 7. The van der Waals surface area contributed by atoms with Crippen LogP contribution in [-0.4, -0.2) is 116 Å². The first-order valence-electron chi connectivity index (χ1n) is 10.8. The minimum atomic E-state index is -1.23. The molecule has 2 unspecified atom stereocenters. The average Bonchev–Trinajstić information content (AvgIpc) is 3.23. The third-order valence-corrected chi connectivity index (χ3v) is 8.32. The van der Waals surface area contributed by atoms with Gasteiger partial charge in [0.1, 0.15) is 49.1 Å². The summed E-state index contributed by atoms with van der Waals surface area (Å²) in [5, 5.41) is 37.4. The molecule has 15 heteroatoms. The van der Waals surface area contributed by atoms with Crippen molar-refractivity contribution >= 4 is 51.7 Å². The van der Waals surface area contributed by atoms with Gasteiger partial charge in [-0.05, 0) is 0 Å². The van der Waals surface area contributed by atoms with Crippen molar-refractivity contribution in [3.63, 3.8) is 0 Å². The Bertz CT molecular complexity index is 1110. The van der Waals surface area contributed by atoms with Gasteiger partial charge in [0.2, 0.25) is 0 Å². The van der Waals surface area contributed by atoms with Crippen LogP contribution in [0.2, 0.25) is 0 Å².